The van der Waals surface area contributed by atoms with Crippen molar-refractivity contribution in [2.45, 2.75) is 31.6 Å². The highest BCUT2D eigenvalue weighted by atomic mass is 79.9. The summed E-state index contributed by atoms with van der Waals surface area (Å²) in [6.07, 6.45) is 2.43. The molecular weight excluding hydrogens is 434 g/mol. The van der Waals surface area contributed by atoms with E-state index in [1.54, 1.807) is 0 Å². The van der Waals surface area contributed by atoms with Crippen LogP contribution in [0.3, 0.4) is 0 Å². The lowest BCUT2D eigenvalue weighted by molar-refractivity contribution is -0.143. The molecule has 1 N–H and O–H groups in total. The molecule has 0 atom stereocenters. The molecule has 0 aliphatic heterocycles. The van der Waals surface area contributed by atoms with Crippen LogP contribution >= 0.6 is 15.9 Å². The van der Waals surface area contributed by atoms with Gasteiger partial charge < -0.3 is 14.8 Å². The number of ether oxygens (including phenoxy) is 2. The third kappa shape index (κ3) is 5.82. The second kappa shape index (κ2) is 11.0. The highest BCUT2D eigenvalue weighted by Gasteiger charge is 2.28. The molecule has 0 saturated heterocycles. The van der Waals surface area contributed by atoms with Gasteiger partial charge in [0.1, 0.15) is 13.2 Å². The monoisotopic (exact) mass is 459 g/mol. The molecule has 29 heavy (non-hydrogen) atoms. The Hall–Kier alpha value is -2.34. The first kappa shape index (κ1) is 21.4. The van der Waals surface area contributed by atoms with E-state index in [4.69, 9.17) is 9.47 Å². The molecule has 5 nitrogen and oxygen atoms in total. The summed E-state index contributed by atoms with van der Waals surface area (Å²) < 4.78 is 10.5. The van der Waals surface area contributed by atoms with Gasteiger partial charge in [-0.15, -0.1) is 0 Å². The van der Waals surface area contributed by atoms with Gasteiger partial charge in [0, 0.05) is 24.2 Å². The van der Waals surface area contributed by atoms with Crippen molar-refractivity contribution in [1.29, 1.82) is 0 Å². The predicted octanol–water partition coefficient (Wildman–Crippen LogP) is 5.02. The third-order valence-electron chi connectivity index (χ3n) is 5.01. The molecule has 0 radical (unpaired) electrons. The maximum Gasteiger partial charge on any atom is 0.407 e. The summed E-state index contributed by atoms with van der Waals surface area (Å²) in [5.41, 5.74) is 4.83. The first-order valence-electron chi connectivity index (χ1n) is 10.0. The van der Waals surface area contributed by atoms with Gasteiger partial charge in [0.15, 0.2) is 0 Å². The molecular formula is C23H26BrNO4. The van der Waals surface area contributed by atoms with Crippen molar-refractivity contribution in [3.8, 4) is 11.1 Å². The van der Waals surface area contributed by atoms with Crippen LogP contribution in [0.15, 0.2) is 48.5 Å². The number of alkyl carbamates (subject to hydrolysis) is 1. The molecule has 0 unspecified atom stereocenters. The number of carbonyl (C=O) groups excluding carboxylic acids is 2. The molecule has 0 heterocycles. The van der Waals surface area contributed by atoms with Crippen LogP contribution in [-0.2, 0) is 14.3 Å². The fraction of sp³-hybridized carbons (Fsp3) is 0.391. The van der Waals surface area contributed by atoms with Gasteiger partial charge in [-0.3, -0.25) is 4.79 Å². The maximum absolute atomic E-state index is 12.1. The summed E-state index contributed by atoms with van der Waals surface area (Å²) in [5.74, 6) is -0.104. The molecule has 0 fully saturated rings. The molecule has 6 heteroatoms. The smallest absolute Gasteiger partial charge is 0.407 e. The molecule has 0 bridgehead atoms. The Bertz CT molecular complexity index is 794. The Morgan fingerprint density at radius 2 is 1.55 bits per heavy atom. The van der Waals surface area contributed by atoms with E-state index in [-0.39, 0.29) is 11.9 Å². The summed E-state index contributed by atoms with van der Waals surface area (Å²) in [6, 6.07) is 16.5. The molecule has 3 rings (SSSR count). The van der Waals surface area contributed by atoms with E-state index in [1.165, 1.54) is 22.3 Å². The maximum atomic E-state index is 12.1. The summed E-state index contributed by atoms with van der Waals surface area (Å²) in [7, 11) is 0. The number of hydrogen-bond donors (Lipinski definition) is 1. The van der Waals surface area contributed by atoms with Gasteiger partial charge in [-0.25, -0.2) is 4.79 Å². The number of halogens is 1. The zero-order valence-corrected chi connectivity index (χ0v) is 17.9. The highest BCUT2D eigenvalue weighted by molar-refractivity contribution is 9.09. The van der Waals surface area contributed by atoms with Crippen LogP contribution in [0.4, 0.5) is 4.79 Å². The zero-order valence-electron chi connectivity index (χ0n) is 16.4. The normalized spacial score (nSPS) is 12.2. The fourth-order valence-electron chi connectivity index (χ4n) is 3.64. The number of benzene rings is 2. The van der Waals surface area contributed by atoms with E-state index in [0.717, 1.165) is 19.3 Å². The minimum atomic E-state index is -0.399. The largest absolute Gasteiger partial charge is 0.465 e. The molecule has 154 valence electrons. The average molecular weight is 460 g/mol. The minimum Gasteiger partial charge on any atom is -0.465 e. The SMILES string of the molecule is O=C(CCCCCNC(=O)OCC1c2ccccc2-c2ccccc21)OCCBr. The lowest BCUT2D eigenvalue weighted by Crippen LogP contribution is -2.27. The van der Waals surface area contributed by atoms with Crippen LogP contribution in [0.5, 0.6) is 0 Å². The second-order valence-corrected chi connectivity index (χ2v) is 7.77. The molecule has 1 aliphatic carbocycles. The Balaban J connectivity index is 1.38. The second-order valence-electron chi connectivity index (χ2n) is 6.97. The van der Waals surface area contributed by atoms with E-state index < -0.39 is 6.09 Å². The van der Waals surface area contributed by atoms with E-state index in [9.17, 15) is 9.59 Å². The standard InChI is InChI=1S/C23H26BrNO4/c24-13-15-28-22(26)12-2-1-7-14-25-23(27)29-16-21-19-10-5-3-8-17(19)18-9-4-6-11-20(18)21/h3-6,8-11,21H,1-2,7,12-16H2,(H,25,27). The average Bonchev–Trinajstić information content (AvgIpc) is 3.07. The number of fused-ring (bicyclic) bond motifs is 3. The lowest BCUT2D eigenvalue weighted by atomic mass is 9.98. The minimum absolute atomic E-state index is 0.0682. The van der Waals surface area contributed by atoms with Crippen LogP contribution in [-0.4, -0.2) is 37.2 Å². The number of carbonyl (C=O) groups is 2. The first-order valence-corrected chi connectivity index (χ1v) is 11.1. The Morgan fingerprint density at radius 3 is 2.21 bits per heavy atom. The van der Waals surface area contributed by atoms with Crippen molar-refractivity contribution < 1.29 is 19.1 Å². The summed E-state index contributed by atoms with van der Waals surface area (Å²) >= 11 is 3.21. The van der Waals surface area contributed by atoms with E-state index in [0.29, 0.717) is 31.5 Å². The van der Waals surface area contributed by atoms with Crippen molar-refractivity contribution >= 4 is 28.0 Å². The molecule has 0 saturated carbocycles. The van der Waals surface area contributed by atoms with E-state index in [2.05, 4.69) is 45.5 Å². The molecule has 0 aromatic heterocycles. The number of hydrogen-bond acceptors (Lipinski definition) is 4. The fourth-order valence-corrected chi connectivity index (χ4v) is 3.80. The van der Waals surface area contributed by atoms with Crippen LogP contribution in [0, 0.1) is 0 Å². The summed E-state index contributed by atoms with van der Waals surface area (Å²) in [4.78, 5) is 23.5. The van der Waals surface area contributed by atoms with Crippen molar-refractivity contribution in [3.05, 3.63) is 59.7 Å². The van der Waals surface area contributed by atoms with Gasteiger partial charge in [0.25, 0.3) is 0 Å². The van der Waals surface area contributed by atoms with Gasteiger partial charge in [-0.2, -0.15) is 0 Å². The van der Waals surface area contributed by atoms with E-state index in [1.807, 2.05) is 24.3 Å². The number of amides is 1. The number of esters is 1. The van der Waals surface area contributed by atoms with Gasteiger partial charge in [0.2, 0.25) is 0 Å². The topological polar surface area (TPSA) is 64.6 Å². The van der Waals surface area contributed by atoms with Crippen molar-refractivity contribution in [3.63, 3.8) is 0 Å². The molecule has 0 spiro atoms. The van der Waals surface area contributed by atoms with E-state index >= 15 is 0 Å². The Morgan fingerprint density at radius 1 is 0.897 bits per heavy atom. The summed E-state index contributed by atoms with van der Waals surface area (Å²) in [6.45, 7) is 1.26. The quantitative estimate of drug-likeness (QED) is 0.307. The Labute approximate surface area is 179 Å². The van der Waals surface area contributed by atoms with Crippen molar-refractivity contribution in [2.24, 2.45) is 0 Å². The van der Waals surface area contributed by atoms with Crippen LogP contribution < -0.4 is 5.32 Å². The van der Waals surface area contributed by atoms with Crippen molar-refractivity contribution in [2.75, 3.05) is 25.1 Å². The number of alkyl halides is 1. The molecule has 2 aromatic carbocycles. The highest BCUT2D eigenvalue weighted by Crippen LogP contribution is 2.44. The molecule has 1 amide bonds. The van der Waals surface area contributed by atoms with Gasteiger partial charge >= 0.3 is 12.1 Å². The molecule has 2 aromatic rings. The number of unbranched alkanes of at least 4 members (excludes halogenated alkanes) is 2. The lowest BCUT2D eigenvalue weighted by Gasteiger charge is -2.14. The van der Waals surface area contributed by atoms with Gasteiger partial charge in [-0.1, -0.05) is 70.9 Å². The first-order chi connectivity index (χ1) is 14.2. The van der Waals surface area contributed by atoms with Gasteiger partial charge in [-0.05, 0) is 35.1 Å². The summed E-state index contributed by atoms with van der Waals surface area (Å²) in [5, 5.41) is 3.45. The molecule has 1 aliphatic rings. The van der Waals surface area contributed by atoms with Crippen LogP contribution in [0.1, 0.15) is 42.7 Å². The van der Waals surface area contributed by atoms with Crippen LogP contribution in [0.2, 0.25) is 0 Å². The third-order valence-corrected chi connectivity index (χ3v) is 5.33. The number of rotatable bonds is 10. The zero-order chi connectivity index (χ0) is 20.5. The van der Waals surface area contributed by atoms with Crippen LogP contribution in [0.25, 0.3) is 11.1 Å². The number of nitrogens with one attached hydrogen (secondary N) is 1. The Kier molecular flexibility index (Phi) is 8.11. The van der Waals surface area contributed by atoms with Gasteiger partial charge in [0.05, 0.1) is 0 Å². The van der Waals surface area contributed by atoms with Crippen molar-refractivity contribution in [1.82, 2.24) is 5.32 Å². The predicted molar refractivity (Wildman–Crippen MR) is 116 cm³/mol.